The van der Waals surface area contributed by atoms with Crippen molar-refractivity contribution in [3.8, 4) is 5.75 Å². The molecule has 1 heterocycles. The van der Waals surface area contributed by atoms with Gasteiger partial charge in [-0.3, -0.25) is 19.3 Å². The Morgan fingerprint density at radius 1 is 1.07 bits per heavy atom. The molecule has 0 saturated carbocycles. The summed E-state index contributed by atoms with van der Waals surface area (Å²) in [7, 11) is 1.57. The van der Waals surface area contributed by atoms with E-state index in [0.29, 0.717) is 11.4 Å². The molecule has 8 nitrogen and oxygen atoms in total. The van der Waals surface area contributed by atoms with E-state index >= 15 is 0 Å². The molecule has 1 aliphatic rings. The van der Waals surface area contributed by atoms with Gasteiger partial charge in [-0.2, -0.15) is 0 Å². The molecule has 0 aliphatic carbocycles. The minimum atomic E-state index is -1.02. The summed E-state index contributed by atoms with van der Waals surface area (Å²) in [5, 5.41) is 2.71. The molecule has 2 aromatic rings. The lowest BCUT2D eigenvalue weighted by atomic mass is 10.2. The lowest BCUT2D eigenvalue weighted by Crippen LogP contribution is -2.35. The van der Waals surface area contributed by atoms with Crippen LogP contribution in [0.4, 0.5) is 5.69 Å². The number of anilines is 1. The third-order valence-electron chi connectivity index (χ3n) is 4.67. The SMILES string of the molecule is COc1ccc(CNC(=O)[C@@H](C)OC(=O)c2cccc(N3C(=O)CCC3=O)c2)cc1. The van der Waals surface area contributed by atoms with Gasteiger partial charge in [0.2, 0.25) is 11.8 Å². The van der Waals surface area contributed by atoms with Gasteiger partial charge in [0.1, 0.15) is 5.75 Å². The zero-order chi connectivity index (χ0) is 21.7. The van der Waals surface area contributed by atoms with Crippen molar-refractivity contribution >= 4 is 29.4 Å². The summed E-state index contributed by atoms with van der Waals surface area (Å²) in [5.41, 5.74) is 1.33. The Balaban J connectivity index is 1.58. The average molecular weight is 410 g/mol. The van der Waals surface area contributed by atoms with Crippen LogP contribution in [0.5, 0.6) is 5.75 Å². The molecular formula is C22H22N2O6. The first-order chi connectivity index (χ1) is 14.4. The normalized spacial score (nSPS) is 14.4. The second kappa shape index (κ2) is 9.21. The fourth-order valence-corrected chi connectivity index (χ4v) is 2.99. The number of hydrogen-bond donors (Lipinski definition) is 1. The average Bonchev–Trinajstić information content (AvgIpc) is 3.10. The highest BCUT2D eigenvalue weighted by molar-refractivity contribution is 6.20. The van der Waals surface area contributed by atoms with Gasteiger partial charge >= 0.3 is 5.97 Å². The van der Waals surface area contributed by atoms with Crippen LogP contribution in [0.2, 0.25) is 0 Å². The van der Waals surface area contributed by atoms with Gasteiger partial charge in [-0.1, -0.05) is 18.2 Å². The number of esters is 1. The van der Waals surface area contributed by atoms with Gasteiger partial charge in [0.15, 0.2) is 6.10 Å². The highest BCUT2D eigenvalue weighted by Crippen LogP contribution is 2.23. The number of rotatable bonds is 7. The topological polar surface area (TPSA) is 102 Å². The second-order valence-corrected chi connectivity index (χ2v) is 6.79. The van der Waals surface area contributed by atoms with Crippen LogP contribution in [0.15, 0.2) is 48.5 Å². The van der Waals surface area contributed by atoms with Crippen LogP contribution in [0.25, 0.3) is 0 Å². The Hall–Kier alpha value is -3.68. The molecule has 8 heteroatoms. The summed E-state index contributed by atoms with van der Waals surface area (Å²) in [5.74, 6) is -1.07. The van der Waals surface area contributed by atoms with Crippen LogP contribution in [-0.4, -0.2) is 36.9 Å². The van der Waals surface area contributed by atoms with Crippen molar-refractivity contribution in [2.45, 2.75) is 32.4 Å². The van der Waals surface area contributed by atoms with E-state index in [2.05, 4.69) is 5.32 Å². The number of carbonyl (C=O) groups excluding carboxylic acids is 4. The van der Waals surface area contributed by atoms with Crippen LogP contribution < -0.4 is 15.0 Å². The van der Waals surface area contributed by atoms with Gasteiger partial charge in [0, 0.05) is 19.4 Å². The van der Waals surface area contributed by atoms with Crippen molar-refractivity contribution < 1.29 is 28.7 Å². The maximum atomic E-state index is 12.4. The molecule has 0 unspecified atom stereocenters. The van der Waals surface area contributed by atoms with Crippen LogP contribution in [-0.2, 0) is 25.7 Å². The molecule has 3 amide bonds. The Bertz CT molecular complexity index is 954. The number of ether oxygens (including phenoxy) is 2. The minimum absolute atomic E-state index is 0.148. The summed E-state index contributed by atoms with van der Waals surface area (Å²) in [6.07, 6.45) is -0.716. The van der Waals surface area contributed by atoms with Crippen molar-refractivity contribution in [3.05, 3.63) is 59.7 Å². The molecule has 0 spiro atoms. The van der Waals surface area contributed by atoms with E-state index in [9.17, 15) is 19.2 Å². The zero-order valence-corrected chi connectivity index (χ0v) is 16.7. The van der Waals surface area contributed by atoms with E-state index in [-0.39, 0.29) is 36.8 Å². The number of hydrogen-bond acceptors (Lipinski definition) is 6. The Morgan fingerprint density at radius 2 is 1.73 bits per heavy atom. The number of amides is 3. The van der Waals surface area contributed by atoms with Gasteiger partial charge in [0.25, 0.3) is 5.91 Å². The largest absolute Gasteiger partial charge is 0.497 e. The first-order valence-corrected chi connectivity index (χ1v) is 9.46. The second-order valence-electron chi connectivity index (χ2n) is 6.79. The third-order valence-corrected chi connectivity index (χ3v) is 4.67. The van der Waals surface area contributed by atoms with Crippen molar-refractivity contribution in [3.63, 3.8) is 0 Å². The molecule has 1 saturated heterocycles. The Kier molecular flexibility index (Phi) is 6.46. The molecule has 2 aromatic carbocycles. The predicted molar refractivity (Wildman–Crippen MR) is 108 cm³/mol. The van der Waals surface area contributed by atoms with E-state index in [1.807, 2.05) is 12.1 Å². The summed E-state index contributed by atoms with van der Waals surface area (Å²) in [6.45, 7) is 1.75. The molecule has 1 fully saturated rings. The van der Waals surface area contributed by atoms with Crippen LogP contribution in [0, 0.1) is 0 Å². The predicted octanol–water partition coefficient (Wildman–Crippen LogP) is 2.21. The number of carbonyl (C=O) groups is 4. The number of nitrogens with one attached hydrogen (secondary N) is 1. The van der Waals surface area contributed by atoms with Crippen LogP contribution in [0.1, 0.15) is 35.7 Å². The van der Waals surface area contributed by atoms with E-state index in [0.717, 1.165) is 10.5 Å². The highest BCUT2D eigenvalue weighted by atomic mass is 16.5. The Morgan fingerprint density at radius 3 is 2.37 bits per heavy atom. The maximum Gasteiger partial charge on any atom is 0.338 e. The summed E-state index contributed by atoms with van der Waals surface area (Å²) in [4.78, 5) is 49.5. The monoisotopic (exact) mass is 410 g/mol. The van der Waals surface area contributed by atoms with Gasteiger partial charge in [-0.05, 0) is 42.8 Å². The fraction of sp³-hybridized carbons (Fsp3) is 0.273. The number of imide groups is 1. The third kappa shape index (κ3) is 4.83. The minimum Gasteiger partial charge on any atom is -0.497 e. The first kappa shape index (κ1) is 21.0. The summed E-state index contributed by atoms with van der Waals surface area (Å²) >= 11 is 0. The van der Waals surface area contributed by atoms with Crippen molar-refractivity contribution in [2.75, 3.05) is 12.0 Å². The summed E-state index contributed by atoms with van der Waals surface area (Å²) < 4.78 is 10.3. The summed E-state index contributed by atoms with van der Waals surface area (Å²) in [6, 6.07) is 13.2. The van der Waals surface area contributed by atoms with Crippen LogP contribution in [0.3, 0.4) is 0 Å². The van der Waals surface area contributed by atoms with E-state index in [1.54, 1.807) is 31.4 Å². The standard InChI is InChI=1S/C22H22N2O6/c1-14(21(27)23-13-15-6-8-18(29-2)9-7-15)30-22(28)16-4-3-5-17(12-16)24-19(25)10-11-20(24)26/h3-9,12,14H,10-11,13H2,1-2H3,(H,23,27)/t14-/m1/s1. The smallest absolute Gasteiger partial charge is 0.338 e. The van der Waals surface area contributed by atoms with E-state index in [1.165, 1.54) is 19.1 Å². The Labute approximate surface area is 173 Å². The van der Waals surface area contributed by atoms with Gasteiger partial charge < -0.3 is 14.8 Å². The van der Waals surface area contributed by atoms with Gasteiger partial charge in [0.05, 0.1) is 18.4 Å². The quantitative estimate of drug-likeness (QED) is 0.555. The lowest BCUT2D eigenvalue weighted by molar-refractivity contribution is -0.129. The number of methoxy groups -OCH3 is 1. The van der Waals surface area contributed by atoms with Crippen LogP contribution >= 0.6 is 0 Å². The van der Waals surface area contributed by atoms with Gasteiger partial charge in [-0.25, -0.2) is 4.79 Å². The van der Waals surface area contributed by atoms with Crippen molar-refractivity contribution in [2.24, 2.45) is 0 Å². The first-order valence-electron chi connectivity index (χ1n) is 9.46. The molecule has 1 atom stereocenters. The van der Waals surface area contributed by atoms with Crippen molar-refractivity contribution in [1.29, 1.82) is 0 Å². The molecule has 30 heavy (non-hydrogen) atoms. The molecular weight excluding hydrogens is 388 g/mol. The maximum absolute atomic E-state index is 12.4. The molecule has 1 aliphatic heterocycles. The zero-order valence-electron chi connectivity index (χ0n) is 16.7. The number of benzene rings is 2. The highest BCUT2D eigenvalue weighted by Gasteiger charge is 2.30. The molecule has 0 radical (unpaired) electrons. The number of nitrogens with zero attached hydrogens (tertiary/aromatic N) is 1. The molecule has 156 valence electrons. The molecule has 0 aromatic heterocycles. The lowest BCUT2D eigenvalue weighted by Gasteiger charge is -2.16. The fourth-order valence-electron chi connectivity index (χ4n) is 2.99. The molecule has 3 rings (SSSR count). The molecule has 1 N–H and O–H groups in total. The molecule has 0 bridgehead atoms. The van der Waals surface area contributed by atoms with E-state index in [4.69, 9.17) is 9.47 Å². The van der Waals surface area contributed by atoms with E-state index < -0.39 is 18.0 Å². The van der Waals surface area contributed by atoms with Gasteiger partial charge in [-0.15, -0.1) is 0 Å². The van der Waals surface area contributed by atoms with Crippen molar-refractivity contribution in [1.82, 2.24) is 5.32 Å².